The van der Waals surface area contributed by atoms with E-state index < -0.39 is 16.6 Å². The Labute approximate surface area is 237 Å². The molecule has 0 saturated heterocycles. The molecule has 4 nitrogen and oxygen atoms in total. The molecular weight excluding hydrogens is 513 g/mol. The van der Waals surface area contributed by atoms with Crippen LogP contribution >= 0.6 is 0 Å². The SMILES string of the molecule is CC(C)(C)[Si](C)(C)Oc1cccc(-c2nc(-c3ccccc3)[nH]c2-c2cccc(O[Si](C)(C)C(C)(C)C)c2)c1. The van der Waals surface area contributed by atoms with Gasteiger partial charge in [-0.05, 0) is 60.5 Å². The second-order valence-electron chi connectivity index (χ2n) is 13.5. The van der Waals surface area contributed by atoms with Crippen LogP contribution in [0.15, 0.2) is 78.9 Å². The zero-order chi connectivity index (χ0) is 28.6. The summed E-state index contributed by atoms with van der Waals surface area (Å²) >= 11 is 0. The molecule has 0 aliphatic carbocycles. The molecule has 0 aliphatic rings. The fraction of sp³-hybridized carbons (Fsp3) is 0.364. The van der Waals surface area contributed by atoms with Gasteiger partial charge in [-0.25, -0.2) is 4.98 Å². The molecule has 0 fully saturated rings. The number of benzene rings is 3. The quantitative estimate of drug-likeness (QED) is 0.230. The molecule has 0 bridgehead atoms. The van der Waals surface area contributed by atoms with Crippen molar-refractivity contribution >= 4 is 16.6 Å². The largest absolute Gasteiger partial charge is 0.543 e. The molecule has 0 unspecified atom stereocenters. The molecule has 4 rings (SSSR count). The number of hydrogen-bond acceptors (Lipinski definition) is 3. The van der Waals surface area contributed by atoms with Crippen LogP contribution in [0.4, 0.5) is 0 Å². The summed E-state index contributed by atoms with van der Waals surface area (Å²) in [6.07, 6.45) is 0. The molecule has 3 aromatic carbocycles. The number of aromatic amines is 1. The molecule has 0 radical (unpaired) electrons. The highest BCUT2D eigenvalue weighted by atomic mass is 28.4. The zero-order valence-corrected chi connectivity index (χ0v) is 27.3. The van der Waals surface area contributed by atoms with E-state index in [2.05, 4.69) is 133 Å². The molecule has 0 aliphatic heterocycles. The number of imidazole rings is 1. The first-order valence-electron chi connectivity index (χ1n) is 13.8. The highest BCUT2D eigenvalue weighted by Gasteiger charge is 2.40. The van der Waals surface area contributed by atoms with Crippen LogP contribution in [-0.2, 0) is 0 Å². The molecule has 39 heavy (non-hydrogen) atoms. The summed E-state index contributed by atoms with van der Waals surface area (Å²) in [5.74, 6) is 2.63. The Hall–Kier alpha value is -3.10. The first kappa shape index (κ1) is 28.9. The summed E-state index contributed by atoms with van der Waals surface area (Å²) < 4.78 is 13.3. The second-order valence-corrected chi connectivity index (χ2v) is 22.9. The van der Waals surface area contributed by atoms with Crippen molar-refractivity contribution in [2.75, 3.05) is 0 Å². The van der Waals surface area contributed by atoms with E-state index in [1.807, 2.05) is 18.2 Å². The van der Waals surface area contributed by atoms with E-state index >= 15 is 0 Å². The molecular formula is C33H44N2O2Si2. The van der Waals surface area contributed by atoms with Crippen molar-refractivity contribution in [2.45, 2.75) is 77.8 Å². The second kappa shape index (κ2) is 10.5. The predicted molar refractivity (Wildman–Crippen MR) is 171 cm³/mol. The average Bonchev–Trinajstić information content (AvgIpc) is 3.29. The van der Waals surface area contributed by atoms with Crippen LogP contribution in [0.2, 0.25) is 36.3 Å². The van der Waals surface area contributed by atoms with Crippen LogP contribution in [-0.4, -0.2) is 26.6 Å². The van der Waals surface area contributed by atoms with Crippen LogP contribution in [0.1, 0.15) is 41.5 Å². The molecule has 0 spiro atoms. The lowest BCUT2D eigenvalue weighted by molar-refractivity contribution is 0.492. The van der Waals surface area contributed by atoms with Crippen LogP contribution < -0.4 is 8.85 Å². The zero-order valence-electron chi connectivity index (χ0n) is 25.3. The lowest BCUT2D eigenvalue weighted by atomic mass is 10.0. The Morgan fingerprint density at radius 2 is 1.05 bits per heavy atom. The fourth-order valence-corrected chi connectivity index (χ4v) is 5.89. The Bertz CT molecular complexity index is 1340. The molecule has 0 saturated carbocycles. The van der Waals surface area contributed by atoms with Crippen molar-refractivity contribution in [1.29, 1.82) is 0 Å². The highest BCUT2D eigenvalue weighted by Crippen LogP contribution is 2.41. The third-order valence-electron chi connectivity index (χ3n) is 8.34. The average molecular weight is 557 g/mol. The molecule has 1 aromatic heterocycles. The van der Waals surface area contributed by atoms with Crippen LogP contribution in [0.3, 0.4) is 0 Å². The van der Waals surface area contributed by atoms with Crippen molar-refractivity contribution in [3.63, 3.8) is 0 Å². The number of H-pyrrole nitrogens is 1. The molecule has 1 N–H and O–H groups in total. The van der Waals surface area contributed by atoms with Gasteiger partial charge in [0.15, 0.2) is 0 Å². The standard InChI is InChI=1S/C33H44N2O2Si2/c1-32(2,3)38(7,8)36-27-20-14-18-25(22-27)29-30(35-31(34-29)24-16-12-11-13-17-24)26-19-15-21-28(23-26)37-39(9,10)33(4,5)6/h11-23H,1-10H3,(H,34,35). The molecule has 206 valence electrons. The molecule has 0 atom stereocenters. The Morgan fingerprint density at radius 3 is 1.56 bits per heavy atom. The van der Waals surface area contributed by atoms with Crippen molar-refractivity contribution in [3.8, 4) is 45.4 Å². The van der Waals surface area contributed by atoms with Gasteiger partial charge in [-0.3, -0.25) is 0 Å². The van der Waals surface area contributed by atoms with Gasteiger partial charge in [0.1, 0.15) is 17.3 Å². The predicted octanol–water partition coefficient (Wildman–Crippen LogP) is 10.2. The minimum absolute atomic E-state index is 0.117. The number of aromatic nitrogens is 2. The maximum atomic E-state index is 6.66. The van der Waals surface area contributed by atoms with Gasteiger partial charge < -0.3 is 13.8 Å². The van der Waals surface area contributed by atoms with E-state index in [0.717, 1.165) is 45.4 Å². The smallest absolute Gasteiger partial charge is 0.250 e. The van der Waals surface area contributed by atoms with Gasteiger partial charge in [-0.1, -0.05) is 96.1 Å². The molecule has 4 aromatic rings. The van der Waals surface area contributed by atoms with E-state index in [-0.39, 0.29) is 10.1 Å². The summed E-state index contributed by atoms with van der Waals surface area (Å²) in [6, 6.07) is 27.0. The monoisotopic (exact) mass is 556 g/mol. The Balaban J connectivity index is 1.80. The third kappa shape index (κ3) is 6.39. The van der Waals surface area contributed by atoms with Crippen molar-refractivity contribution in [3.05, 3.63) is 78.9 Å². The summed E-state index contributed by atoms with van der Waals surface area (Å²) in [6.45, 7) is 22.7. The first-order chi connectivity index (χ1) is 18.1. The van der Waals surface area contributed by atoms with Crippen molar-refractivity contribution in [2.24, 2.45) is 0 Å². The van der Waals surface area contributed by atoms with E-state index in [9.17, 15) is 0 Å². The molecule has 1 heterocycles. The summed E-state index contributed by atoms with van der Waals surface area (Å²) in [5, 5.41) is 0.235. The molecule has 6 heteroatoms. The van der Waals surface area contributed by atoms with E-state index in [1.54, 1.807) is 0 Å². The van der Waals surface area contributed by atoms with Gasteiger partial charge >= 0.3 is 0 Å². The first-order valence-corrected chi connectivity index (χ1v) is 19.6. The van der Waals surface area contributed by atoms with Gasteiger partial charge in [0.05, 0.1) is 11.4 Å². The normalized spacial score (nSPS) is 12.9. The maximum absolute atomic E-state index is 6.66. The van der Waals surface area contributed by atoms with Gasteiger partial charge in [-0.2, -0.15) is 0 Å². The van der Waals surface area contributed by atoms with Gasteiger partial charge in [0.2, 0.25) is 16.6 Å². The fourth-order valence-electron chi connectivity index (χ4n) is 3.84. The van der Waals surface area contributed by atoms with Crippen LogP contribution in [0.25, 0.3) is 33.9 Å². The molecule has 0 amide bonds. The Kier molecular flexibility index (Phi) is 7.76. The minimum atomic E-state index is -1.98. The lowest BCUT2D eigenvalue weighted by Gasteiger charge is -2.36. The minimum Gasteiger partial charge on any atom is -0.543 e. The van der Waals surface area contributed by atoms with Crippen LogP contribution in [0, 0.1) is 0 Å². The Morgan fingerprint density at radius 1 is 0.590 bits per heavy atom. The van der Waals surface area contributed by atoms with Crippen LogP contribution in [0.5, 0.6) is 11.5 Å². The van der Waals surface area contributed by atoms with Crippen molar-refractivity contribution in [1.82, 2.24) is 9.97 Å². The van der Waals surface area contributed by atoms with Gasteiger partial charge in [0.25, 0.3) is 0 Å². The summed E-state index contributed by atoms with van der Waals surface area (Å²) in [5.41, 5.74) is 4.99. The number of nitrogens with one attached hydrogen (secondary N) is 1. The maximum Gasteiger partial charge on any atom is 0.250 e. The number of hydrogen-bond donors (Lipinski definition) is 1. The van der Waals surface area contributed by atoms with E-state index in [4.69, 9.17) is 13.8 Å². The topological polar surface area (TPSA) is 47.1 Å². The van der Waals surface area contributed by atoms with Gasteiger partial charge in [-0.15, -0.1) is 0 Å². The van der Waals surface area contributed by atoms with Gasteiger partial charge in [0, 0.05) is 16.7 Å². The highest BCUT2D eigenvalue weighted by molar-refractivity contribution is 6.75. The van der Waals surface area contributed by atoms with Crippen molar-refractivity contribution < 1.29 is 8.85 Å². The number of nitrogens with zero attached hydrogens (tertiary/aromatic N) is 1. The summed E-state index contributed by atoms with van der Waals surface area (Å²) in [7, 11) is -3.96. The number of rotatable bonds is 7. The van der Waals surface area contributed by atoms with E-state index in [1.165, 1.54) is 0 Å². The lowest BCUT2D eigenvalue weighted by Crippen LogP contribution is -2.43. The van der Waals surface area contributed by atoms with E-state index in [0.29, 0.717) is 0 Å². The third-order valence-corrected chi connectivity index (χ3v) is 17.1. The summed E-state index contributed by atoms with van der Waals surface area (Å²) in [4.78, 5) is 8.76.